The molecule has 2 aromatic heterocycles. The Morgan fingerprint density at radius 3 is 2.66 bits per heavy atom. The number of nitrogen functional groups attached to an aromatic ring is 1. The fraction of sp³-hybridized carbons (Fsp3) is 0.364. The average molecular weight is 567 g/mol. The lowest BCUT2D eigenvalue weighted by atomic mass is 10.1. The summed E-state index contributed by atoms with van der Waals surface area (Å²) in [5.74, 6) is -0.380. The number of nitrogens with one attached hydrogen (secondary N) is 1. The summed E-state index contributed by atoms with van der Waals surface area (Å²) in [6.45, 7) is 0.930. The van der Waals surface area contributed by atoms with Crippen LogP contribution in [0.4, 0.5) is 5.82 Å². The van der Waals surface area contributed by atoms with E-state index in [0.717, 1.165) is 0 Å². The molecular formula is C22H27N6O8PS. The van der Waals surface area contributed by atoms with Gasteiger partial charge in [0.05, 0.1) is 19.1 Å². The van der Waals surface area contributed by atoms with Crippen LogP contribution < -0.4 is 21.1 Å². The monoisotopic (exact) mass is 566 g/mol. The zero-order chi connectivity index (χ0) is 27.6. The second kappa shape index (κ2) is 11.3. The summed E-state index contributed by atoms with van der Waals surface area (Å²) < 4.78 is 36.7. The Kier molecular flexibility index (Phi) is 8.28. The molecule has 4 unspecified atom stereocenters. The standard InChI is InChI=1S/C22H27N6O8PS/c1-11(22(31)33-2)27-37(32,36-12-6-4-3-5-7-12)34-9-14-16(29)17(30)21(35-14)28-8-13(19(24)38)15-18(23)25-10-26-20(15)28/h3-8,10-11,14,16-17,21,29-30H,9H2,1-2H3,(H2,24,38)(H,27,32)(H2,23,25,26)/t11?,14?,16?,17-,21-,37?/m1/s1. The van der Waals surface area contributed by atoms with E-state index >= 15 is 0 Å². The number of carbonyl (C=O) groups is 1. The Morgan fingerprint density at radius 1 is 1.29 bits per heavy atom. The first-order valence-electron chi connectivity index (χ1n) is 11.3. The van der Waals surface area contributed by atoms with Gasteiger partial charge in [0.15, 0.2) is 6.23 Å². The quantitative estimate of drug-likeness (QED) is 0.130. The van der Waals surface area contributed by atoms with E-state index in [1.54, 1.807) is 30.3 Å². The second-order valence-electron chi connectivity index (χ2n) is 8.39. The van der Waals surface area contributed by atoms with Gasteiger partial charge in [-0.1, -0.05) is 30.4 Å². The van der Waals surface area contributed by atoms with Gasteiger partial charge >= 0.3 is 13.7 Å². The van der Waals surface area contributed by atoms with Crippen LogP contribution in [0.15, 0.2) is 42.9 Å². The van der Waals surface area contributed by atoms with Crippen molar-refractivity contribution in [1.82, 2.24) is 19.6 Å². The van der Waals surface area contributed by atoms with Crippen LogP contribution in [0, 0.1) is 0 Å². The molecule has 0 bridgehead atoms. The van der Waals surface area contributed by atoms with Crippen molar-refractivity contribution in [2.45, 2.75) is 37.5 Å². The number of nitrogens with two attached hydrogens (primary N) is 2. The third-order valence-electron chi connectivity index (χ3n) is 5.80. The maximum atomic E-state index is 13.6. The van der Waals surface area contributed by atoms with Crippen LogP contribution in [0.2, 0.25) is 0 Å². The number of anilines is 1. The Morgan fingerprint density at radius 2 is 2.00 bits per heavy atom. The molecule has 0 saturated carbocycles. The number of nitrogens with zero attached hydrogens (tertiary/aromatic N) is 3. The molecule has 3 heterocycles. The summed E-state index contributed by atoms with van der Waals surface area (Å²) in [7, 11) is -3.03. The normalized spacial score (nSPS) is 23.6. The molecule has 7 N–H and O–H groups in total. The number of rotatable bonds is 10. The van der Waals surface area contributed by atoms with Gasteiger partial charge in [-0.2, -0.15) is 5.09 Å². The molecule has 14 nitrogen and oxygen atoms in total. The smallest absolute Gasteiger partial charge is 0.459 e. The number of aromatic nitrogens is 3. The predicted octanol–water partition coefficient (Wildman–Crippen LogP) is 0.622. The lowest BCUT2D eigenvalue weighted by Crippen LogP contribution is -2.37. The molecule has 0 amide bonds. The molecule has 0 spiro atoms. The van der Waals surface area contributed by atoms with E-state index in [4.69, 9.17) is 37.5 Å². The maximum Gasteiger partial charge on any atom is 0.459 e. The highest BCUT2D eigenvalue weighted by atomic mass is 32.1. The van der Waals surface area contributed by atoms with Gasteiger partial charge in [0.25, 0.3) is 0 Å². The molecule has 6 atom stereocenters. The van der Waals surface area contributed by atoms with Crippen molar-refractivity contribution in [3.05, 3.63) is 48.4 Å². The van der Waals surface area contributed by atoms with Gasteiger partial charge in [-0.25, -0.2) is 14.5 Å². The Balaban J connectivity index is 1.57. The number of benzene rings is 1. The molecule has 1 fully saturated rings. The van der Waals surface area contributed by atoms with Gasteiger partial charge in [0, 0.05) is 11.8 Å². The van der Waals surface area contributed by atoms with Crippen molar-refractivity contribution in [2.75, 3.05) is 19.5 Å². The van der Waals surface area contributed by atoms with Crippen LogP contribution in [0.5, 0.6) is 5.75 Å². The zero-order valence-electron chi connectivity index (χ0n) is 20.3. The molecule has 1 saturated heterocycles. The lowest BCUT2D eigenvalue weighted by Gasteiger charge is -2.24. The first-order valence-corrected chi connectivity index (χ1v) is 13.3. The van der Waals surface area contributed by atoms with Crippen LogP contribution in [0.25, 0.3) is 11.0 Å². The SMILES string of the molecule is COC(=O)C(C)NP(=O)(OCC1O[C@@H](n2cc(C(N)=S)c3c(N)ncnc32)[C@H](O)C1O)Oc1ccccc1. The van der Waals surface area contributed by atoms with Crippen molar-refractivity contribution >= 4 is 47.8 Å². The predicted molar refractivity (Wildman–Crippen MR) is 139 cm³/mol. The van der Waals surface area contributed by atoms with E-state index in [1.807, 2.05) is 0 Å². The number of hydrogen-bond acceptors (Lipinski definition) is 12. The molecular weight excluding hydrogens is 539 g/mol. The van der Waals surface area contributed by atoms with Crippen molar-refractivity contribution in [1.29, 1.82) is 0 Å². The number of hydrogen-bond donors (Lipinski definition) is 5. The molecule has 0 radical (unpaired) electrons. The highest BCUT2D eigenvalue weighted by Crippen LogP contribution is 2.46. The third-order valence-corrected chi connectivity index (χ3v) is 7.66. The fourth-order valence-electron chi connectivity index (χ4n) is 3.93. The first-order chi connectivity index (χ1) is 18.0. The van der Waals surface area contributed by atoms with Gasteiger partial charge in [0.2, 0.25) is 0 Å². The number of aliphatic hydroxyl groups is 2. The number of carbonyl (C=O) groups excluding carboxylic acids is 1. The van der Waals surface area contributed by atoms with Crippen LogP contribution >= 0.6 is 20.0 Å². The summed E-state index contributed by atoms with van der Waals surface area (Å²) in [6, 6.07) is 7.09. The Labute approximate surface area is 222 Å². The number of para-hydroxylation sites is 1. The van der Waals surface area contributed by atoms with Crippen LogP contribution in [0.1, 0.15) is 18.7 Å². The topological polar surface area (TPSA) is 206 Å². The second-order valence-corrected chi connectivity index (χ2v) is 10.5. The maximum absolute atomic E-state index is 13.6. The molecule has 16 heteroatoms. The molecule has 1 aromatic carbocycles. The van der Waals surface area contributed by atoms with Crippen LogP contribution in [0.3, 0.4) is 0 Å². The Hall–Kier alpha value is -3.17. The summed E-state index contributed by atoms with van der Waals surface area (Å²) in [6.07, 6.45) is -2.52. The Bertz CT molecular complexity index is 1370. The number of aliphatic hydroxyl groups excluding tert-OH is 2. The lowest BCUT2D eigenvalue weighted by molar-refractivity contribution is -0.142. The summed E-state index contributed by atoms with van der Waals surface area (Å²) in [4.78, 5) is 20.1. The molecule has 0 aliphatic carbocycles. The molecule has 38 heavy (non-hydrogen) atoms. The molecule has 3 aromatic rings. The number of ether oxygens (including phenoxy) is 2. The molecule has 4 rings (SSSR count). The summed E-state index contributed by atoms with van der Waals surface area (Å²) in [5.41, 5.74) is 12.4. The van der Waals surface area contributed by atoms with Crippen LogP contribution in [-0.2, 0) is 23.4 Å². The van der Waals surface area contributed by atoms with Gasteiger partial charge in [-0.05, 0) is 19.1 Å². The highest BCUT2D eigenvalue weighted by molar-refractivity contribution is 7.80. The number of methoxy groups -OCH3 is 1. The number of thiocarbonyl (C=S) groups is 1. The number of fused-ring (bicyclic) bond motifs is 1. The minimum absolute atomic E-state index is 0.0213. The average Bonchev–Trinajstić information content (AvgIpc) is 3.41. The van der Waals surface area contributed by atoms with E-state index < -0.39 is 50.9 Å². The van der Waals surface area contributed by atoms with E-state index in [2.05, 4.69) is 19.8 Å². The molecule has 204 valence electrons. The van der Waals surface area contributed by atoms with E-state index in [1.165, 1.54) is 31.1 Å². The van der Waals surface area contributed by atoms with Gasteiger partial charge in [-0.3, -0.25) is 9.32 Å². The first kappa shape index (κ1) is 27.9. The van der Waals surface area contributed by atoms with Crippen molar-refractivity contribution in [2.24, 2.45) is 5.73 Å². The molecule has 1 aliphatic rings. The van der Waals surface area contributed by atoms with Crippen molar-refractivity contribution < 1.29 is 38.1 Å². The minimum atomic E-state index is -4.21. The van der Waals surface area contributed by atoms with Crippen molar-refractivity contribution in [3.8, 4) is 5.75 Å². The largest absolute Gasteiger partial charge is 0.468 e. The number of esters is 1. The van der Waals surface area contributed by atoms with E-state index in [9.17, 15) is 19.6 Å². The highest BCUT2D eigenvalue weighted by Gasteiger charge is 2.46. The summed E-state index contributed by atoms with van der Waals surface area (Å²) >= 11 is 5.11. The molecule has 1 aliphatic heterocycles. The van der Waals surface area contributed by atoms with E-state index in [-0.39, 0.29) is 22.2 Å². The van der Waals surface area contributed by atoms with Gasteiger partial charge in [0.1, 0.15) is 52.9 Å². The fourth-order valence-corrected chi connectivity index (χ4v) is 5.59. The van der Waals surface area contributed by atoms with Gasteiger partial charge < -0.3 is 40.2 Å². The van der Waals surface area contributed by atoms with E-state index in [0.29, 0.717) is 10.9 Å². The third kappa shape index (κ3) is 5.63. The zero-order valence-corrected chi connectivity index (χ0v) is 22.0. The van der Waals surface area contributed by atoms with Crippen molar-refractivity contribution in [3.63, 3.8) is 0 Å². The summed E-state index contributed by atoms with van der Waals surface area (Å²) in [5, 5.41) is 24.4. The minimum Gasteiger partial charge on any atom is -0.468 e. The van der Waals surface area contributed by atoms with Crippen LogP contribution in [-0.4, -0.2) is 73.8 Å². The van der Waals surface area contributed by atoms with Gasteiger partial charge in [-0.15, -0.1) is 0 Å².